The van der Waals surface area contributed by atoms with E-state index in [2.05, 4.69) is 24.0 Å². The summed E-state index contributed by atoms with van der Waals surface area (Å²) in [5.41, 5.74) is 8.61. The van der Waals surface area contributed by atoms with E-state index in [-0.39, 0.29) is 6.04 Å². The van der Waals surface area contributed by atoms with Gasteiger partial charge >= 0.3 is 0 Å². The molecule has 1 aromatic carbocycles. The smallest absolute Gasteiger partial charge is 0.0459 e. The van der Waals surface area contributed by atoms with E-state index in [1.807, 2.05) is 6.07 Å². The van der Waals surface area contributed by atoms with E-state index in [1.165, 1.54) is 49.9 Å². The zero-order valence-corrected chi connectivity index (χ0v) is 13.1. The molecule has 3 atom stereocenters. The average molecular weight is 293 g/mol. The van der Waals surface area contributed by atoms with Crippen LogP contribution in [0.5, 0.6) is 0 Å². The van der Waals surface area contributed by atoms with Crippen LogP contribution in [0, 0.1) is 5.92 Å². The summed E-state index contributed by atoms with van der Waals surface area (Å²) in [6.07, 6.45) is 7.72. The van der Waals surface area contributed by atoms with Crippen molar-refractivity contribution in [3.8, 4) is 0 Å². The third kappa shape index (κ3) is 2.68. The van der Waals surface area contributed by atoms with Crippen molar-refractivity contribution < 1.29 is 0 Å². The lowest BCUT2D eigenvalue weighted by atomic mass is 9.90. The number of nitrogens with zero attached hydrogens (tertiary/aromatic N) is 1. The summed E-state index contributed by atoms with van der Waals surface area (Å²) in [6, 6.07) is 7.20. The summed E-state index contributed by atoms with van der Waals surface area (Å²) < 4.78 is 0. The number of hydrogen-bond acceptors (Lipinski definition) is 2. The van der Waals surface area contributed by atoms with Crippen molar-refractivity contribution in [1.29, 1.82) is 0 Å². The molecule has 2 nitrogen and oxygen atoms in total. The number of hydrogen-bond donors (Lipinski definition) is 1. The van der Waals surface area contributed by atoms with Gasteiger partial charge in [0.05, 0.1) is 0 Å². The van der Waals surface area contributed by atoms with E-state index in [1.54, 1.807) is 0 Å². The predicted molar refractivity (Wildman–Crippen MR) is 86.5 cm³/mol. The summed E-state index contributed by atoms with van der Waals surface area (Å²) in [5, 5.41) is 0.875. The first-order valence-corrected chi connectivity index (χ1v) is 8.34. The SMILES string of the molecule is CC(N)Cc1c(Cl)cccc1N1CCCC2CCCC21. The summed E-state index contributed by atoms with van der Waals surface area (Å²) in [7, 11) is 0. The molecule has 0 spiro atoms. The number of benzene rings is 1. The third-order valence-corrected chi connectivity index (χ3v) is 5.28. The highest BCUT2D eigenvalue weighted by molar-refractivity contribution is 6.31. The molecule has 110 valence electrons. The van der Waals surface area contributed by atoms with Gasteiger partial charge in [0.15, 0.2) is 0 Å². The molecular weight excluding hydrogens is 268 g/mol. The van der Waals surface area contributed by atoms with Crippen LogP contribution in [0.4, 0.5) is 5.69 Å². The summed E-state index contributed by atoms with van der Waals surface area (Å²) in [4.78, 5) is 2.63. The number of halogens is 1. The minimum Gasteiger partial charge on any atom is -0.368 e. The van der Waals surface area contributed by atoms with E-state index in [4.69, 9.17) is 17.3 Å². The van der Waals surface area contributed by atoms with E-state index in [0.29, 0.717) is 0 Å². The molecule has 0 bridgehead atoms. The first-order chi connectivity index (χ1) is 9.66. The molecule has 0 amide bonds. The number of fused-ring (bicyclic) bond motifs is 1. The second-order valence-corrected chi connectivity index (χ2v) is 6.92. The fourth-order valence-corrected chi connectivity index (χ4v) is 4.34. The van der Waals surface area contributed by atoms with E-state index in [0.717, 1.165) is 23.4 Å². The lowest BCUT2D eigenvalue weighted by molar-refractivity contribution is 0.362. The molecule has 3 rings (SSSR count). The number of piperidine rings is 1. The monoisotopic (exact) mass is 292 g/mol. The van der Waals surface area contributed by atoms with Gasteiger partial charge in [0.2, 0.25) is 0 Å². The minimum absolute atomic E-state index is 0.151. The topological polar surface area (TPSA) is 29.3 Å². The van der Waals surface area contributed by atoms with Crippen LogP contribution in [0.3, 0.4) is 0 Å². The van der Waals surface area contributed by atoms with Gasteiger partial charge < -0.3 is 10.6 Å². The highest BCUT2D eigenvalue weighted by Gasteiger charge is 2.35. The second kappa shape index (κ2) is 5.95. The van der Waals surface area contributed by atoms with Crippen LogP contribution in [-0.2, 0) is 6.42 Å². The maximum absolute atomic E-state index is 6.45. The van der Waals surface area contributed by atoms with Gasteiger partial charge in [0.1, 0.15) is 0 Å². The lowest BCUT2D eigenvalue weighted by Crippen LogP contribution is -2.43. The van der Waals surface area contributed by atoms with Gasteiger partial charge in [0, 0.05) is 29.3 Å². The van der Waals surface area contributed by atoms with Crippen molar-refractivity contribution in [3.05, 3.63) is 28.8 Å². The number of nitrogens with two attached hydrogens (primary N) is 1. The Balaban J connectivity index is 1.94. The molecule has 2 aliphatic rings. The van der Waals surface area contributed by atoms with Gasteiger partial charge in [-0.3, -0.25) is 0 Å². The minimum atomic E-state index is 0.151. The maximum atomic E-state index is 6.45. The van der Waals surface area contributed by atoms with Crippen LogP contribution in [0.1, 0.15) is 44.6 Å². The van der Waals surface area contributed by atoms with Crippen LogP contribution in [-0.4, -0.2) is 18.6 Å². The highest BCUT2D eigenvalue weighted by Crippen LogP contribution is 2.41. The van der Waals surface area contributed by atoms with Gasteiger partial charge in [-0.05, 0) is 62.6 Å². The largest absolute Gasteiger partial charge is 0.368 e. The van der Waals surface area contributed by atoms with Crippen molar-refractivity contribution >= 4 is 17.3 Å². The molecule has 1 aromatic rings. The summed E-state index contributed by atoms with van der Waals surface area (Å²) in [6.45, 7) is 3.23. The Morgan fingerprint density at radius 3 is 2.90 bits per heavy atom. The zero-order chi connectivity index (χ0) is 14.1. The Kier molecular flexibility index (Phi) is 4.23. The molecule has 1 saturated heterocycles. The molecule has 1 aliphatic heterocycles. The van der Waals surface area contributed by atoms with E-state index >= 15 is 0 Å². The van der Waals surface area contributed by atoms with Crippen LogP contribution < -0.4 is 10.6 Å². The molecule has 1 saturated carbocycles. The fourth-order valence-electron chi connectivity index (χ4n) is 4.09. The predicted octanol–water partition coefficient (Wildman–Crippen LogP) is 4.00. The molecule has 3 unspecified atom stereocenters. The quantitative estimate of drug-likeness (QED) is 0.912. The Morgan fingerprint density at radius 2 is 2.10 bits per heavy atom. The number of anilines is 1. The first kappa shape index (κ1) is 14.2. The third-order valence-electron chi connectivity index (χ3n) is 4.92. The van der Waals surface area contributed by atoms with Crippen molar-refractivity contribution in [1.82, 2.24) is 0 Å². The van der Waals surface area contributed by atoms with E-state index < -0.39 is 0 Å². The molecule has 1 heterocycles. The molecular formula is C17H25ClN2. The molecule has 1 aliphatic carbocycles. The van der Waals surface area contributed by atoms with Gasteiger partial charge in [-0.1, -0.05) is 24.1 Å². The van der Waals surface area contributed by atoms with Gasteiger partial charge in [0.25, 0.3) is 0 Å². The van der Waals surface area contributed by atoms with Crippen LogP contribution in [0.25, 0.3) is 0 Å². The van der Waals surface area contributed by atoms with Crippen molar-refractivity contribution in [2.24, 2.45) is 11.7 Å². The van der Waals surface area contributed by atoms with Gasteiger partial charge in [-0.2, -0.15) is 0 Å². The first-order valence-electron chi connectivity index (χ1n) is 7.96. The maximum Gasteiger partial charge on any atom is 0.0459 e. The Labute approximate surface area is 127 Å². The lowest BCUT2D eigenvalue weighted by Gasteiger charge is -2.40. The molecule has 20 heavy (non-hydrogen) atoms. The van der Waals surface area contributed by atoms with Crippen LogP contribution in [0.15, 0.2) is 18.2 Å². The normalized spacial score (nSPS) is 27.4. The van der Waals surface area contributed by atoms with Crippen molar-refractivity contribution in [3.63, 3.8) is 0 Å². The highest BCUT2D eigenvalue weighted by atomic mass is 35.5. The van der Waals surface area contributed by atoms with Crippen molar-refractivity contribution in [2.75, 3.05) is 11.4 Å². The van der Waals surface area contributed by atoms with Crippen LogP contribution >= 0.6 is 11.6 Å². The van der Waals surface area contributed by atoms with Crippen LogP contribution in [0.2, 0.25) is 5.02 Å². The Bertz CT molecular complexity index is 472. The molecule has 2 N–H and O–H groups in total. The van der Waals surface area contributed by atoms with Gasteiger partial charge in [-0.25, -0.2) is 0 Å². The molecule has 2 fully saturated rings. The second-order valence-electron chi connectivity index (χ2n) is 6.51. The summed E-state index contributed by atoms with van der Waals surface area (Å²) in [5.74, 6) is 0.894. The number of rotatable bonds is 3. The Morgan fingerprint density at radius 1 is 1.30 bits per heavy atom. The Hall–Kier alpha value is -0.730. The molecule has 0 radical (unpaired) electrons. The molecule has 3 heteroatoms. The van der Waals surface area contributed by atoms with E-state index in [9.17, 15) is 0 Å². The zero-order valence-electron chi connectivity index (χ0n) is 12.3. The summed E-state index contributed by atoms with van der Waals surface area (Å²) >= 11 is 6.45. The van der Waals surface area contributed by atoms with Crippen molar-refractivity contribution in [2.45, 2.75) is 57.5 Å². The average Bonchev–Trinajstić information content (AvgIpc) is 2.89. The fraction of sp³-hybridized carbons (Fsp3) is 0.647. The van der Waals surface area contributed by atoms with Gasteiger partial charge in [-0.15, -0.1) is 0 Å². The molecule has 0 aromatic heterocycles. The standard InChI is InChI=1S/C17H25ClN2/c1-12(19)11-14-15(18)7-3-9-17(14)20-10-4-6-13-5-2-8-16(13)20/h3,7,9,12-13,16H,2,4-6,8,10-11,19H2,1H3.